The number of likely N-dealkylation sites (tertiary alicyclic amines) is 5. The molecule has 5 saturated carbocycles. The largest absolute Gasteiger partial charge is 0.508 e. The SMILES string of the molecule is Cc1ccc(OC2C[C@@H]3CN(CC(=O)c4ccc(O)cc4)C[C@@H]3C2)cc1.Cc1ccc(OC2C[C@@H]3CN(CC(O)c4ccc(O)cc4)C[C@@H]3C2)cc1.Cc1cncc(OC2C[C@@H]3CN(CC(=O)c4ccc(O)cc4)C[C@@H]3C2)c1.Cc1cncc(OC2C[C@@H]3CN(CC(O)c4ccc(O)cc4)C[C@@H]3C2)c1.Cc1cncc(OC2C[C@@H]3CN(CC(O)c4ccc(O)cc4)C[C@@H]3C2)c1. The fourth-order valence-electron chi connectivity index (χ4n) is 21.9. The topological polar surface area (TPSA) is 297 Å². The standard InChI is InChI=1S/C22H27NO3.C22H25NO3.2C21H26N2O3.C21H24N2O3/c2*1-15-2-8-20(9-3-15)26-21-10-17-12-23(13-18(17)11-21)14-22(25)16-4-6-19(24)7-5-16;3*1-14-6-20(10-22-9-14)26-19-7-16-11-23(12-17(16)8-19)13-21(25)15-2-4-18(24)5-3-15/h2-9,17-18,21-22,24-25H,10-14H2,1H3;2-9,17-18,21,24H,10-14H2,1H3;2*2-6,9-10,16-17,19,21,24-25H,7-8,11-13H2,1H3;2-6,9-10,16-17,19,24H,7-8,11-13H2,1H3/t17-,18+,21?,22?;17-,18+,21?;2*16-,17+,19?,21?;16-,17+,19?. The van der Waals surface area contributed by atoms with Crippen LogP contribution in [-0.4, -0.2) is 221 Å². The lowest BCUT2D eigenvalue weighted by Crippen LogP contribution is -2.30. The van der Waals surface area contributed by atoms with Crippen molar-refractivity contribution < 1.29 is 74.1 Å². The number of phenolic OH excluding ortho intramolecular Hbond substituents is 5. The molecule has 0 spiro atoms. The van der Waals surface area contributed by atoms with Crippen LogP contribution in [-0.2, 0) is 0 Å². The third-order valence-corrected chi connectivity index (χ3v) is 28.3. The number of β-amino-alcohol motifs (C(OH)–C–C–N with tert-alkyl or cyclic N) is 3. The first kappa shape index (κ1) is 92.3. The number of ether oxygens (including phenoxy) is 5. The summed E-state index contributed by atoms with van der Waals surface area (Å²) >= 11 is 0. The molecule has 10 aliphatic rings. The Bertz CT molecular complexity index is 5110. The average molecular weight is 1770 g/mol. The summed E-state index contributed by atoms with van der Waals surface area (Å²) in [5.41, 5.74) is 9.75. The Kier molecular flexibility index (Phi) is 30.5. The van der Waals surface area contributed by atoms with Crippen molar-refractivity contribution >= 4 is 11.6 Å². The number of Topliss-reactive ketones (excluding diaryl/α,β-unsaturated/α-hetero) is 2. The number of ketones is 2. The van der Waals surface area contributed by atoms with Gasteiger partial charge in [0.05, 0.1) is 80.5 Å². The van der Waals surface area contributed by atoms with Gasteiger partial charge in [0.2, 0.25) is 0 Å². The van der Waals surface area contributed by atoms with Crippen LogP contribution in [0, 0.1) is 93.8 Å². The van der Waals surface area contributed by atoms with Gasteiger partial charge >= 0.3 is 0 Å². The Balaban J connectivity index is 0.000000119. The summed E-state index contributed by atoms with van der Waals surface area (Å²) in [5, 5.41) is 78.2. The molecule has 5 aliphatic carbocycles. The number of nitrogens with zero attached hydrogens (tertiary/aromatic N) is 8. The number of carbonyl (C=O) groups is 2. The fourth-order valence-corrected chi connectivity index (χ4v) is 21.9. The van der Waals surface area contributed by atoms with Crippen LogP contribution in [0.2, 0.25) is 0 Å². The highest BCUT2D eigenvalue weighted by atomic mass is 16.5. The van der Waals surface area contributed by atoms with Crippen molar-refractivity contribution in [3.63, 3.8) is 0 Å². The quantitative estimate of drug-likeness (QED) is 0.0247. The van der Waals surface area contributed by atoms with Gasteiger partial charge in [0, 0.05) is 115 Å². The van der Waals surface area contributed by atoms with Crippen molar-refractivity contribution in [1.29, 1.82) is 0 Å². The highest BCUT2D eigenvalue weighted by Gasteiger charge is 2.47. The Hall–Kier alpha value is -11.0. The monoisotopic (exact) mass is 1760 g/mol. The number of benzene rings is 7. The van der Waals surface area contributed by atoms with Crippen LogP contribution in [0.25, 0.3) is 0 Å². The van der Waals surface area contributed by atoms with Crippen LogP contribution in [0.1, 0.15) is 148 Å². The summed E-state index contributed by atoms with van der Waals surface area (Å²) in [6, 6.07) is 56.2. The van der Waals surface area contributed by atoms with Gasteiger partial charge in [-0.15, -0.1) is 0 Å². The lowest BCUT2D eigenvalue weighted by Gasteiger charge is -2.22. The molecule has 7 aromatic carbocycles. The molecule has 8 N–H and O–H groups in total. The summed E-state index contributed by atoms with van der Waals surface area (Å²) < 4.78 is 30.7. The second-order valence-electron chi connectivity index (χ2n) is 38.7. The second-order valence-corrected chi connectivity index (χ2v) is 38.7. The molecule has 10 aromatic rings. The second kappa shape index (κ2) is 42.9. The van der Waals surface area contributed by atoms with Gasteiger partial charge in [0.15, 0.2) is 11.6 Å². The third-order valence-electron chi connectivity index (χ3n) is 28.3. The molecule has 0 radical (unpaired) electrons. The predicted molar refractivity (Wildman–Crippen MR) is 499 cm³/mol. The molecular weight excluding hydrogens is 1640 g/mol. The molecule has 130 heavy (non-hydrogen) atoms. The molecule has 3 aromatic heterocycles. The van der Waals surface area contributed by atoms with Crippen molar-refractivity contribution in [2.24, 2.45) is 59.2 Å². The van der Waals surface area contributed by atoms with Gasteiger partial charge in [0.1, 0.15) is 57.5 Å². The summed E-state index contributed by atoms with van der Waals surface area (Å²) in [6.45, 7) is 23.1. The van der Waals surface area contributed by atoms with Gasteiger partial charge in [-0.1, -0.05) is 71.8 Å². The number of aliphatic hydroxyl groups is 3. The van der Waals surface area contributed by atoms with Gasteiger partial charge in [-0.2, -0.15) is 0 Å². The number of pyridine rings is 3. The van der Waals surface area contributed by atoms with Gasteiger partial charge in [-0.05, 0) is 319 Å². The molecule has 5 saturated heterocycles. The smallest absolute Gasteiger partial charge is 0.176 e. The fraction of sp³-hybridized carbons (Fsp3) is 0.449. The molecule has 20 rings (SSSR count). The van der Waals surface area contributed by atoms with E-state index in [1.54, 1.807) is 140 Å². The molecule has 23 nitrogen and oxygen atoms in total. The molecule has 5 aliphatic heterocycles. The summed E-state index contributed by atoms with van der Waals surface area (Å²) in [5.74, 6) is 12.2. The van der Waals surface area contributed by atoms with Gasteiger partial charge in [-0.25, -0.2) is 0 Å². The lowest BCUT2D eigenvalue weighted by molar-refractivity contribution is 0.0928. The van der Waals surface area contributed by atoms with Crippen molar-refractivity contribution in [3.05, 3.63) is 281 Å². The zero-order chi connectivity index (χ0) is 90.5. The van der Waals surface area contributed by atoms with Crippen LogP contribution >= 0.6 is 0 Å². The number of fused-ring (bicyclic) bond motifs is 5. The number of phenols is 5. The van der Waals surface area contributed by atoms with Crippen molar-refractivity contribution in [3.8, 4) is 57.5 Å². The van der Waals surface area contributed by atoms with Gasteiger partial charge < -0.3 is 64.5 Å². The minimum Gasteiger partial charge on any atom is -0.508 e. The highest BCUT2D eigenvalue weighted by Crippen LogP contribution is 2.46. The van der Waals surface area contributed by atoms with Crippen molar-refractivity contribution in [2.45, 2.75) is 148 Å². The minimum absolute atomic E-state index is 0.114. The number of aryl methyl sites for hydroxylation is 5. The maximum Gasteiger partial charge on any atom is 0.176 e. The van der Waals surface area contributed by atoms with Crippen molar-refractivity contribution in [1.82, 2.24) is 39.5 Å². The normalized spacial score (nSPS) is 26.0. The van der Waals surface area contributed by atoms with E-state index in [2.05, 4.69) is 89.7 Å². The summed E-state index contributed by atoms with van der Waals surface area (Å²) in [6.07, 6.45) is 21.5. The third kappa shape index (κ3) is 25.4. The number of carbonyl (C=O) groups excluding carboxylic acids is 2. The average Bonchev–Trinajstić information content (AvgIpc) is 1.68. The molecular formula is C107H128N8O15. The molecule has 0 bridgehead atoms. The van der Waals surface area contributed by atoms with Crippen molar-refractivity contribution in [2.75, 3.05) is 98.2 Å². The Labute approximate surface area is 764 Å². The highest BCUT2D eigenvalue weighted by molar-refractivity contribution is 5.98. The zero-order valence-corrected chi connectivity index (χ0v) is 75.4. The number of hydrogen-bond donors (Lipinski definition) is 8. The number of hydrogen-bond acceptors (Lipinski definition) is 23. The van der Waals surface area contributed by atoms with Gasteiger partial charge in [-0.3, -0.25) is 49.0 Å². The lowest BCUT2D eigenvalue weighted by atomic mass is 10.0. The van der Waals surface area contributed by atoms with E-state index in [1.807, 2.05) is 69.7 Å². The van der Waals surface area contributed by atoms with E-state index in [-0.39, 0.29) is 58.6 Å². The first-order valence-corrected chi connectivity index (χ1v) is 46.7. The molecule has 8 heterocycles. The number of rotatable bonds is 25. The first-order chi connectivity index (χ1) is 62.8. The van der Waals surface area contributed by atoms with E-state index in [1.165, 1.54) is 11.1 Å². The molecule has 18 atom stereocenters. The number of aliphatic hydroxyl groups excluding tert-OH is 3. The zero-order valence-electron chi connectivity index (χ0n) is 75.4. The van der Waals surface area contributed by atoms with E-state index in [0.29, 0.717) is 115 Å². The molecule has 8 unspecified atom stereocenters. The first-order valence-electron chi connectivity index (χ1n) is 46.7. The van der Waals surface area contributed by atoms with Gasteiger partial charge in [0.25, 0.3) is 0 Å². The molecule has 0 amide bonds. The predicted octanol–water partition coefficient (Wildman–Crippen LogP) is 16.1. The Morgan fingerprint density at radius 1 is 0.277 bits per heavy atom. The Morgan fingerprint density at radius 3 is 0.708 bits per heavy atom. The maximum absolute atomic E-state index is 12.4. The minimum atomic E-state index is -0.514. The van der Waals surface area contributed by atoms with Crippen LogP contribution in [0.15, 0.2) is 225 Å². The summed E-state index contributed by atoms with van der Waals surface area (Å²) in [7, 11) is 0. The molecule has 10 fully saturated rings. The summed E-state index contributed by atoms with van der Waals surface area (Å²) in [4.78, 5) is 49.0. The molecule has 23 heteroatoms. The van der Waals surface area contributed by atoms with E-state index in [0.717, 1.165) is 192 Å². The maximum atomic E-state index is 12.4. The number of aromatic hydroxyl groups is 5. The van der Waals surface area contributed by atoms with Crippen LogP contribution < -0.4 is 23.7 Å². The Morgan fingerprint density at radius 2 is 0.485 bits per heavy atom. The number of aromatic nitrogens is 3. The van der Waals surface area contributed by atoms with E-state index >= 15 is 0 Å². The van der Waals surface area contributed by atoms with Crippen LogP contribution in [0.5, 0.6) is 57.5 Å². The van der Waals surface area contributed by atoms with E-state index in [4.69, 9.17) is 23.7 Å². The molecule has 686 valence electrons. The van der Waals surface area contributed by atoms with Crippen LogP contribution in [0.4, 0.5) is 0 Å². The van der Waals surface area contributed by atoms with E-state index < -0.39 is 18.3 Å². The van der Waals surface area contributed by atoms with Crippen LogP contribution in [0.3, 0.4) is 0 Å². The van der Waals surface area contributed by atoms with E-state index in [9.17, 15) is 50.4 Å².